The van der Waals surface area contributed by atoms with E-state index in [1.165, 1.54) is 11.9 Å². The molecule has 2 aliphatic rings. The Morgan fingerprint density at radius 2 is 2.15 bits per heavy atom. The van der Waals surface area contributed by atoms with Gasteiger partial charge in [-0.25, -0.2) is 9.79 Å². The number of aromatic hydroxyl groups is 1. The first-order valence-corrected chi connectivity index (χ1v) is 10.4. The van der Waals surface area contributed by atoms with Crippen molar-refractivity contribution in [2.45, 2.75) is 44.6 Å². The average molecular weight is 393 g/mol. The van der Waals surface area contributed by atoms with Gasteiger partial charge in [0.15, 0.2) is 5.50 Å². The zero-order chi connectivity index (χ0) is 19.2. The molecule has 1 aromatic carbocycles. The first kappa shape index (κ1) is 19.8. The number of para-hydroxylation sites is 1. The van der Waals surface area contributed by atoms with Crippen LogP contribution in [0.4, 0.5) is 4.79 Å². The molecular weight excluding hydrogens is 364 g/mol. The molecule has 1 fully saturated rings. The SMILES string of the molecule is CC(C)CCOC(=O)NC1CCN(C2N=C(c3ccccc3O)NS2)CC1. The fraction of sp³-hybridized carbons (Fsp3) is 0.579. The van der Waals surface area contributed by atoms with Crippen molar-refractivity contribution in [3.63, 3.8) is 0 Å². The molecule has 3 rings (SSSR count). The number of nitrogens with one attached hydrogen (secondary N) is 2. The summed E-state index contributed by atoms with van der Waals surface area (Å²) in [7, 11) is 0. The Bertz CT molecular complexity index is 675. The number of amides is 1. The highest BCUT2D eigenvalue weighted by atomic mass is 32.2. The predicted octanol–water partition coefficient (Wildman–Crippen LogP) is 2.91. The average Bonchev–Trinajstić information content (AvgIpc) is 3.12. The van der Waals surface area contributed by atoms with Gasteiger partial charge in [-0.3, -0.25) is 4.90 Å². The maximum Gasteiger partial charge on any atom is 0.407 e. The Balaban J connectivity index is 1.44. The fourth-order valence-corrected chi connectivity index (χ4v) is 3.98. The number of alkyl carbamates (subject to hydrolysis) is 1. The van der Waals surface area contributed by atoms with Gasteiger partial charge in [-0.15, -0.1) is 0 Å². The van der Waals surface area contributed by atoms with Crippen LogP contribution in [0.25, 0.3) is 0 Å². The van der Waals surface area contributed by atoms with Crippen LogP contribution < -0.4 is 10.0 Å². The number of likely N-dealkylation sites (tertiary alicyclic amines) is 1. The quantitative estimate of drug-likeness (QED) is 0.646. The number of carbonyl (C=O) groups is 1. The molecular formula is C19H28N4O3S. The molecule has 1 unspecified atom stereocenters. The topological polar surface area (TPSA) is 86.2 Å². The number of aliphatic imine (C=N–C) groups is 1. The lowest BCUT2D eigenvalue weighted by molar-refractivity contribution is 0.126. The van der Waals surface area contributed by atoms with E-state index < -0.39 is 0 Å². The van der Waals surface area contributed by atoms with Gasteiger partial charge in [0, 0.05) is 19.1 Å². The van der Waals surface area contributed by atoms with Gasteiger partial charge in [-0.05, 0) is 49.3 Å². The zero-order valence-electron chi connectivity index (χ0n) is 15.9. The van der Waals surface area contributed by atoms with Crippen LogP contribution in [0, 0.1) is 5.92 Å². The zero-order valence-corrected chi connectivity index (χ0v) is 16.7. The van der Waals surface area contributed by atoms with Crippen LogP contribution in [-0.2, 0) is 4.74 Å². The number of benzene rings is 1. The summed E-state index contributed by atoms with van der Waals surface area (Å²) in [4.78, 5) is 18.8. The van der Waals surface area contributed by atoms with Crippen molar-refractivity contribution < 1.29 is 14.6 Å². The van der Waals surface area contributed by atoms with Crippen LogP contribution in [-0.4, -0.2) is 53.2 Å². The molecule has 7 nitrogen and oxygen atoms in total. The van der Waals surface area contributed by atoms with Crippen molar-refractivity contribution in [1.29, 1.82) is 0 Å². The van der Waals surface area contributed by atoms with Gasteiger partial charge in [0.1, 0.15) is 11.6 Å². The second kappa shape index (κ2) is 9.32. The molecule has 1 atom stereocenters. The smallest absolute Gasteiger partial charge is 0.407 e. The van der Waals surface area contributed by atoms with Crippen molar-refractivity contribution in [2.24, 2.45) is 10.9 Å². The van der Waals surface area contributed by atoms with Crippen LogP contribution in [0.2, 0.25) is 0 Å². The molecule has 1 aromatic rings. The number of carbonyl (C=O) groups excluding carboxylic acids is 1. The molecule has 2 heterocycles. The molecule has 0 aliphatic carbocycles. The standard InChI is InChI=1S/C19H28N4O3S/c1-13(2)9-12-26-19(25)20-14-7-10-23(11-8-14)18-21-17(22-27-18)15-5-3-4-6-16(15)24/h3-6,13-14,18,24H,7-12H2,1-2H3,(H,20,25)(H,21,22). The molecule has 27 heavy (non-hydrogen) atoms. The number of piperidine rings is 1. The van der Waals surface area contributed by atoms with Gasteiger partial charge in [0.2, 0.25) is 0 Å². The summed E-state index contributed by atoms with van der Waals surface area (Å²) in [5, 5.41) is 12.9. The molecule has 1 saturated heterocycles. The third kappa shape index (κ3) is 5.52. The van der Waals surface area contributed by atoms with Crippen molar-refractivity contribution in [2.75, 3.05) is 19.7 Å². The van der Waals surface area contributed by atoms with E-state index in [1.54, 1.807) is 12.1 Å². The fourth-order valence-electron chi connectivity index (χ4n) is 3.09. The number of phenols is 1. The van der Waals surface area contributed by atoms with E-state index in [9.17, 15) is 9.90 Å². The van der Waals surface area contributed by atoms with E-state index in [-0.39, 0.29) is 23.4 Å². The first-order valence-electron chi connectivity index (χ1n) is 9.48. The van der Waals surface area contributed by atoms with Gasteiger partial charge in [-0.2, -0.15) is 0 Å². The summed E-state index contributed by atoms with van der Waals surface area (Å²) in [5.41, 5.74) is 0.701. The molecule has 0 radical (unpaired) electrons. The predicted molar refractivity (Wildman–Crippen MR) is 108 cm³/mol. The minimum atomic E-state index is -0.314. The molecule has 0 aromatic heterocycles. The Labute approximate surface area is 164 Å². The third-order valence-electron chi connectivity index (χ3n) is 4.75. The Morgan fingerprint density at radius 1 is 1.41 bits per heavy atom. The van der Waals surface area contributed by atoms with Crippen LogP contribution in [0.1, 0.15) is 38.7 Å². The summed E-state index contributed by atoms with van der Waals surface area (Å²) in [6.07, 6.45) is 2.32. The van der Waals surface area contributed by atoms with Crippen LogP contribution >= 0.6 is 11.9 Å². The number of rotatable bonds is 6. The van der Waals surface area contributed by atoms with Gasteiger partial charge in [-0.1, -0.05) is 26.0 Å². The second-order valence-corrected chi connectivity index (χ2v) is 8.18. The molecule has 1 amide bonds. The molecule has 0 bridgehead atoms. The maximum atomic E-state index is 11.9. The number of ether oxygens (including phenoxy) is 1. The maximum absolute atomic E-state index is 11.9. The van der Waals surface area contributed by atoms with Crippen LogP contribution in [0.15, 0.2) is 29.3 Å². The summed E-state index contributed by atoms with van der Waals surface area (Å²) >= 11 is 1.54. The van der Waals surface area contributed by atoms with E-state index in [0.717, 1.165) is 32.4 Å². The van der Waals surface area contributed by atoms with E-state index in [2.05, 4.69) is 28.8 Å². The normalized spacial score (nSPS) is 21.0. The van der Waals surface area contributed by atoms with Crippen molar-refractivity contribution in [3.05, 3.63) is 29.8 Å². The Hall–Kier alpha value is -1.93. The number of hydrogen-bond acceptors (Lipinski definition) is 7. The number of phenolic OH excluding ortho intramolecular Hbond substituents is 1. The van der Waals surface area contributed by atoms with Crippen molar-refractivity contribution in [3.8, 4) is 5.75 Å². The highest BCUT2D eigenvalue weighted by Gasteiger charge is 2.30. The van der Waals surface area contributed by atoms with E-state index in [4.69, 9.17) is 9.73 Å². The number of amidine groups is 1. The Kier molecular flexibility index (Phi) is 6.84. The van der Waals surface area contributed by atoms with Gasteiger partial charge in [0.25, 0.3) is 0 Å². The van der Waals surface area contributed by atoms with E-state index in [0.29, 0.717) is 23.9 Å². The third-order valence-corrected chi connectivity index (χ3v) is 5.68. The minimum absolute atomic E-state index is 0.0152. The molecule has 0 spiro atoms. The highest BCUT2D eigenvalue weighted by Crippen LogP contribution is 2.27. The second-order valence-electron chi connectivity index (χ2n) is 7.31. The van der Waals surface area contributed by atoms with Gasteiger partial charge < -0.3 is 19.9 Å². The number of nitrogens with zero attached hydrogens (tertiary/aromatic N) is 2. The molecule has 0 saturated carbocycles. The molecule has 2 aliphatic heterocycles. The highest BCUT2D eigenvalue weighted by molar-refractivity contribution is 7.98. The number of hydrogen-bond donors (Lipinski definition) is 3. The van der Waals surface area contributed by atoms with Crippen LogP contribution in [0.5, 0.6) is 5.75 Å². The van der Waals surface area contributed by atoms with Crippen molar-refractivity contribution >= 4 is 23.9 Å². The van der Waals surface area contributed by atoms with Gasteiger partial charge >= 0.3 is 6.09 Å². The summed E-state index contributed by atoms with van der Waals surface area (Å²) < 4.78 is 8.45. The monoisotopic (exact) mass is 392 g/mol. The lowest BCUT2D eigenvalue weighted by atomic mass is 10.1. The minimum Gasteiger partial charge on any atom is -0.507 e. The molecule has 148 valence electrons. The lowest BCUT2D eigenvalue weighted by Gasteiger charge is -2.33. The first-order chi connectivity index (χ1) is 13.0. The van der Waals surface area contributed by atoms with E-state index >= 15 is 0 Å². The van der Waals surface area contributed by atoms with Gasteiger partial charge in [0.05, 0.1) is 12.2 Å². The van der Waals surface area contributed by atoms with Crippen molar-refractivity contribution in [1.82, 2.24) is 14.9 Å². The van der Waals surface area contributed by atoms with Crippen LogP contribution in [0.3, 0.4) is 0 Å². The lowest BCUT2D eigenvalue weighted by Crippen LogP contribution is -2.46. The molecule has 3 N–H and O–H groups in total. The Morgan fingerprint density at radius 3 is 2.85 bits per heavy atom. The summed E-state index contributed by atoms with van der Waals surface area (Å²) in [6, 6.07) is 7.34. The summed E-state index contributed by atoms with van der Waals surface area (Å²) in [6.45, 7) is 6.40. The molecule has 8 heteroatoms. The largest absolute Gasteiger partial charge is 0.507 e. The van der Waals surface area contributed by atoms with E-state index in [1.807, 2.05) is 12.1 Å². The summed E-state index contributed by atoms with van der Waals surface area (Å²) in [5.74, 6) is 1.46.